The fraction of sp³-hybridized carbons (Fsp3) is 0.933. The van der Waals surface area contributed by atoms with Crippen LogP contribution in [0.15, 0.2) is 0 Å². The normalized spacial score (nSPS) is 23.4. The van der Waals surface area contributed by atoms with E-state index in [1.807, 2.05) is 0 Å². The second kappa shape index (κ2) is 7.85. The van der Waals surface area contributed by atoms with E-state index in [9.17, 15) is 4.79 Å². The summed E-state index contributed by atoms with van der Waals surface area (Å²) >= 11 is 0. The molecule has 3 N–H and O–H groups in total. The molecule has 110 valence electrons. The van der Waals surface area contributed by atoms with Crippen molar-refractivity contribution < 1.29 is 4.79 Å². The fourth-order valence-corrected chi connectivity index (χ4v) is 3.39. The van der Waals surface area contributed by atoms with Crippen molar-refractivity contribution in [2.45, 2.75) is 57.4 Å². The Labute approximate surface area is 117 Å². The van der Waals surface area contributed by atoms with Crippen molar-refractivity contribution in [3.8, 4) is 0 Å². The summed E-state index contributed by atoms with van der Waals surface area (Å²) in [6.07, 6.45) is 9.77. The van der Waals surface area contributed by atoms with Crippen LogP contribution < -0.4 is 11.1 Å². The zero-order chi connectivity index (χ0) is 13.5. The third-order valence-corrected chi connectivity index (χ3v) is 4.62. The Hall–Kier alpha value is -0.610. The van der Waals surface area contributed by atoms with Crippen molar-refractivity contribution in [2.75, 3.05) is 26.2 Å². The van der Waals surface area contributed by atoms with E-state index in [2.05, 4.69) is 10.2 Å². The fourth-order valence-electron chi connectivity index (χ4n) is 3.39. The molecule has 1 saturated carbocycles. The van der Waals surface area contributed by atoms with Gasteiger partial charge in [-0.1, -0.05) is 19.3 Å². The Balaban J connectivity index is 1.63. The molecule has 2 rings (SSSR count). The zero-order valence-corrected chi connectivity index (χ0v) is 12.1. The van der Waals surface area contributed by atoms with Gasteiger partial charge in [-0.25, -0.2) is 0 Å². The van der Waals surface area contributed by atoms with Gasteiger partial charge in [0.15, 0.2) is 0 Å². The van der Waals surface area contributed by atoms with Crippen molar-refractivity contribution in [1.29, 1.82) is 0 Å². The van der Waals surface area contributed by atoms with Crippen LogP contribution in [0.5, 0.6) is 0 Å². The lowest BCUT2D eigenvalue weighted by Crippen LogP contribution is -2.45. The van der Waals surface area contributed by atoms with Crippen molar-refractivity contribution >= 4 is 5.91 Å². The number of rotatable bonds is 5. The van der Waals surface area contributed by atoms with E-state index in [0.717, 1.165) is 32.0 Å². The van der Waals surface area contributed by atoms with E-state index in [1.165, 1.54) is 44.9 Å². The third kappa shape index (κ3) is 5.11. The molecule has 1 amide bonds. The minimum atomic E-state index is 0.226. The first-order valence-corrected chi connectivity index (χ1v) is 7.99. The van der Waals surface area contributed by atoms with Crippen LogP contribution in [-0.2, 0) is 4.79 Å². The Morgan fingerprint density at radius 2 is 1.79 bits per heavy atom. The number of hydrogen-bond donors (Lipinski definition) is 2. The van der Waals surface area contributed by atoms with Crippen molar-refractivity contribution in [1.82, 2.24) is 10.2 Å². The van der Waals surface area contributed by atoms with Gasteiger partial charge in [-0.15, -0.1) is 0 Å². The van der Waals surface area contributed by atoms with E-state index < -0.39 is 0 Å². The largest absolute Gasteiger partial charge is 0.352 e. The molecule has 4 heteroatoms. The Morgan fingerprint density at radius 3 is 2.42 bits per heavy atom. The summed E-state index contributed by atoms with van der Waals surface area (Å²) in [6.45, 7) is 3.50. The Morgan fingerprint density at radius 1 is 1.11 bits per heavy atom. The van der Waals surface area contributed by atoms with Crippen LogP contribution in [0, 0.1) is 5.92 Å². The molecular formula is C15H29N3O. The van der Waals surface area contributed by atoms with Gasteiger partial charge in [-0.2, -0.15) is 0 Å². The lowest BCUT2D eigenvalue weighted by molar-refractivity contribution is -0.123. The van der Waals surface area contributed by atoms with E-state index in [4.69, 9.17) is 5.73 Å². The molecule has 0 atom stereocenters. The molecule has 0 aromatic heterocycles. The lowest BCUT2D eigenvalue weighted by atomic mass is 9.93. The summed E-state index contributed by atoms with van der Waals surface area (Å²) in [6, 6.07) is 0.441. The van der Waals surface area contributed by atoms with Crippen LogP contribution in [-0.4, -0.2) is 43.0 Å². The number of hydrogen-bond acceptors (Lipinski definition) is 3. The van der Waals surface area contributed by atoms with Gasteiger partial charge < -0.3 is 11.1 Å². The summed E-state index contributed by atoms with van der Waals surface area (Å²) in [7, 11) is 0. The monoisotopic (exact) mass is 267 g/mol. The van der Waals surface area contributed by atoms with Crippen LogP contribution in [0.4, 0.5) is 0 Å². The number of piperidine rings is 1. The van der Waals surface area contributed by atoms with Gasteiger partial charge >= 0.3 is 0 Å². The molecule has 0 aromatic carbocycles. The van der Waals surface area contributed by atoms with Crippen molar-refractivity contribution in [2.24, 2.45) is 11.7 Å². The zero-order valence-electron chi connectivity index (χ0n) is 12.1. The first kappa shape index (κ1) is 14.8. The smallest absolute Gasteiger partial charge is 0.234 e. The number of nitrogens with two attached hydrogens (primary N) is 1. The van der Waals surface area contributed by atoms with E-state index in [1.54, 1.807) is 0 Å². The molecule has 0 aromatic rings. The average Bonchev–Trinajstić information content (AvgIpc) is 2.42. The SMILES string of the molecule is NCCC1CCN(CC(=O)NC2CCCCC2)CC1. The van der Waals surface area contributed by atoms with Crippen LogP contribution >= 0.6 is 0 Å². The first-order chi connectivity index (χ1) is 9.28. The summed E-state index contributed by atoms with van der Waals surface area (Å²) in [5.74, 6) is 1.01. The van der Waals surface area contributed by atoms with Gasteiger partial charge in [0.05, 0.1) is 6.54 Å². The first-order valence-electron chi connectivity index (χ1n) is 7.99. The lowest BCUT2D eigenvalue weighted by Gasteiger charge is -2.32. The minimum Gasteiger partial charge on any atom is -0.352 e. The molecule has 1 saturated heterocycles. The van der Waals surface area contributed by atoms with E-state index in [-0.39, 0.29) is 5.91 Å². The minimum absolute atomic E-state index is 0.226. The highest BCUT2D eigenvalue weighted by atomic mass is 16.2. The maximum atomic E-state index is 12.0. The molecule has 1 heterocycles. The second-order valence-corrected chi connectivity index (χ2v) is 6.20. The summed E-state index contributed by atoms with van der Waals surface area (Å²) in [5.41, 5.74) is 5.60. The highest BCUT2D eigenvalue weighted by Crippen LogP contribution is 2.20. The highest BCUT2D eigenvalue weighted by Gasteiger charge is 2.21. The molecular weight excluding hydrogens is 238 g/mol. The summed E-state index contributed by atoms with van der Waals surface area (Å²) < 4.78 is 0. The molecule has 0 spiro atoms. The molecule has 0 bridgehead atoms. The van der Waals surface area contributed by atoms with E-state index in [0.29, 0.717) is 12.6 Å². The third-order valence-electron chi connectivity index (χ3n) is 4.62. The molecule has 0 unspecified atom stereocenters. The number of amides is 1. The van der Waals surface area contributed by atoms with Gasteiger partial charge in [0.2, 0.25) is 5.91 Å². The second-order valence-electron chi connectivity index (χ2n) is 6.20. The van der Waals surface area contributed by atoms with Gasteiger partial charge in [-0.3, -0.25) is 9.69 Å². The molecule has 2 fully saturated rings. The number of carbonyl (C=O) groups excluding carboxylic acids is 1. The standard InChI is InChI=1S/C15H29N3O/c16-9-6-13-7-10-18(11-8-13)12-15(19)17-14-4-2-1-3-5-14/h13-14H,1-12,16H2,(H,17,19). The van der Waals surface area contributed by atoms with Gasteiger partial charge in [0.1, 0.15) is 0 Å². The topological polar surface area (TPSA) is 58.4 Å². The number of nitrogens with zero attached hydrogens (tertiary/aromatic N) is 1. The number of carbonyl (C=O) groups is 1. The number of nitrogens with one attached hydrogen (secondary N) is 1. The van der Waals surface area contributed by atoms with E-state index >= 15 is 0 Å². The van der Waals surface area contributed by atoms with Gasteiger partial charge in [-0.05, 0) is 57.7 Å². The van der Waals surface area contributed by atoms with Crippen LogP contribution in [0.1, 0.15) is 51.4 Å². The molecule has 2 aliphatic rings. The Kier molecular flexibility index (Phi) is 6.11. The predicted molar refractivity (Wildman–Crippen MR) is 77.9 cm³/mol. The maximum absolute atomic E-state index is 12.0. The molecule has 19 heavy (non-hydrogen) atoms. The molecule has 4 nitrogen and oxygen atoms in total. The maximum Gasteiger partial charge on any atom is 0.234 e. The van der Waals surface area contributed by atoms with Crippen LogP contribution in [0.2, 0.25) is 0 Å². The molecule has 0 radical (unpaired) electrons. The number of likely N-dealkylation sites (tertiary alicyclic amines) is 1. The average molecular weight is 267 g/mol. The Bertz CT molecular complexity index is 269. The van der Waals surface area contributed by atoms with Gasteiger partial charge in [0, 0.05) is 6.04 Å². The van der Waals surface area contributed by atoms with Crippen LogP contribution in [0.3, 0.4) is 0 Å². The molecule has 1 aliphatic heterocycles. The highest BCUT2D eigenvalue weighted by molar-refractivity contribution is 5.78. The summed E-state index contributed by atoms with van der Waals surface area (Å²) in [5, 5.41) is 3.20. The quantitative estimate of drug-likeness (QED) is 0.793. The van der Waals surface area contributed by atoms with Gasteiger partial charge in [0.25, 0.3) is 0 Å². The predicted octanol–water partition coefficient (Wildman–Crippen LogP) is 1.50. The molecule has 1 aliphatic carbocycles. The van der Waals surface area contributed by atoms with Crippen molar-refractivity contribution in [3.63, 3.8) is 0 Å². The van der Waals surface area contributed by atoms with Crippen molar-refractivity contribution in [3.05, 3.63) is 0 Å². The van der Waals surface area contributed by atoms with Crippen LogP contribution in [0.25, 0.3) is 0 Å². The summed E-state index contributed by atoms with van der Waals surface area (Å²) in [4.78, 5) is 14.3.